The van der Waals surface area contributed by atoms with Gasteiger partial charge in [-0.3, -0.25) is 0 Å². The van der Waals surface area contributed by atoms with Gasteiger partial charge in [-0.2, -0.15) is 0 Å². The van der Waals surface area contributed by atoms with Gasteiger partial charge in [-0.15, -0.1) is 11.3 Å². The molecule has 2 nitrogen and oxygen atoms in total. The lowest BCUT2D eigenvalue weighted by Gasteiger charge is -2.33. The van der Waals surface area contributed by atoms with Crippen LogP contribution in [0.1, 0.15) is 68.1 Å². The number of thiazole rings is 1. The van der Waals surface area contributed by atoms with Crippen LogP contribution in [0.15, 0.2) is 0 Å². The average molecular weight is 280 g/mol. The molecule has 1 aromatic heterocycles. The van der Waals surface area contributed by atoms with Gasteiger partial charge in [0.15, 0.2) is 0 Å². The van der Waals surface area contributed by atoms with Crippen LogP contribution in [0, 0.1) is 25.7 Å². The number of nitrogens with zero attached hydrogens (tertiary/aromatic N) is 1. The largest absolute Gasteiger partial charge is 0.307 e. The number of hydrogen-bond acceptors (Lipinski definition) is 3. The van der Waals surface area contributed by atoms with Crippen molar-refractivity contribution in [3.05, 3.63) is 15.6 Å². The molecule has 1 fully saturated rings. The number of hydrogen-bond donors (Lipinski definition) is 1. The summed E-state index contributed by atoms with van der Waals surface area (Å²) in [5.41, 5.74) is 1.21. The maximum atomic E-state index is 4.54. The van der Waals surface area contributed by atoms with Gasteiger partial charge < -0.3 is 5.32 Å². The highest BCUT2D eigenvalue weighted by atomic mass is 32.1. The molecule has 1 unspecified atom stereocenters. The molecule has 1 heterocycles. The van der Waals surface area contributed by atoms with Crippen molar-refractivity contribution < 1.29 is 0 Å². The van der Waals surface area contributed by atoms with Crippen molar-refractivity contribution in [2.24, 2.45) is 11.8 Å². The van der Waals surface area contributed by atoms with Gasteiger partial charge in [0.1, 0.15) is 0 Å². The third-order valence-corrected chi connectivity index (χ3v) is 5.79. The molecule has 0 bridgehead atoms. The highest BCUT2D eigenvalue weighted by Gasteiger charge is 2.25. The SMILES string of the molecule is Cc1nc(C)c(C(C)NC2CCC(C(C)C)CC2)s1. The lowest BCUT2D eigenvalue weighted by atomic mass is 9.79. The average Bonchev–Trinajstić information content (AvgIpc) is 2.69. The van der Waals surface area contributed by atoms with Crippen LogP contribution in [-0.4, -0.2) is 11.0 Å². The molecule has 0 radical (unpaired) electrons. The first-order chi connectivity index (χ1) is 8.97. The van der Waals surface area contributed by atoms with E-state index in [1.165, 1.54) is 41.3 Å². The highest BCUT2D eigenvalue weighted by Crippen LogP contribution is 2.32. The molecule has 1 aliphatic rings. The molecule has 1 N–H and O–H groups in total. The Labute approximate surface area is 122 Å². The van der Waals surface area contributed by atoms with Gasteiger partial charge in [0.2, 0.25) is 0 Å². The molecule has 1 atom stereocenters. The second-order valence-electron chi connectivity index (χ2n) is 6.43. The van der Waals surface area contributed by atoms with Gasteiger partial charge in [-0.25, -0.2) is 4.98 Å². The van der Waals surface area contributed by atoms with Crippen LogP contribution in [0.3, 0.4) is 0 Å². The van der Waals surface area contributed by atoms with Gasteiger partial charge in [0, 0.05) is 17.0 Å². The first-order valence-electron chi connectivity index (χ1n) is 7.67. The lowest BCUT2D eigenvalue weighted by Crippen LogP contribution is -2.35. The molecule has 19 heavy (non-hydrogen) atoms. The molecule has 108 valence electrons. The van der Waals surface area contributed by atoms with Crippen LogP contribution in [0.2, 0.25) is 0 Å². The first kappa shape index (κ1) is 15.0. The zero-order valence-corrected chi connectivity index (χ0v) is 13.8. The number of aryl methyl sites for hydroxylation is 2. The molecule has 3 heteroatoms. The normalized spacial score (nSPS) is 25.8. The number of rotatable bonds is 4. The number of nitrogens with one attached hydrogen (secondary N) is 1. The smallest absolute Gasteiger partial charge is 0.0900 e. The summed E-state index contributed by atoms with van der Waals surface area (Å²) in [6, 6.07) is 1.15. The molecular weight excluding hydrogens is 252 g/mol. The second kappa shape index (κ2) is 6.36. The molecule has 1 aromatic rings. The van der Waals surface area contributed by atoms with E-state index in [4.69, 9.17) is 0 Å². The fourth-order valence-electron chi connectivity index (χ4n) is 3.33. The Morgan fingerprint density at radius 1 is 1.11 bits per heavy atom. The van der Waals surface area contributed by atoms with E-state index < -0.39 is 0 Å². The molecular formula is C16H28N2S. The molecule has 0 spiro atoms. The summed E-state index contributed by atoms with van der Waals surface area (Å²) in [6.45, 7) is 11.2. The zero-order valence-electron chi connectivity index (χ0n) is 13.0. The predicted molar refractivity (Wildman–Crippen MR) is 83.7 cm³/mol. The Bertz CT molecular complexity index is 403. The lowest BCUT2D eigenvalue weighted by molar-refractivity contribution is 0.231. The number of aromatic nitrogens is 1. The van der Waals surface area contributed by atoms with Crippen molar-refractivity contribution in [2.45, 2.75) is 72.4 Å². The minimum atomic E-state index is 0.451. The maximum Gasteiger partial charge on any atom is 0.0900 e. The van der Waals surface area contributed by atoms with Gasteiger partial charge >= 0.3 is 0 Å². The summed E-state index contributed by atoms with van der Waals surface area (Å²) in [7, 11) is 0. The quantitative estimate of drug-likeness (QED) is 0.870. The molecule has 0 aromatic carbocycles. The topological polar surface area (TPSA) is 24.9 Å². The van der Waals surface area contributed by atoms with E-state index in [2.05, 4.69) is 44.9 Å². The molecule has 0 aliphatic heterocycles. The standard InChI is InChI=1S/C16H28N2S/c1-10(2)14-6-8-15(9-7-14)18-12(4)16-11(3)17-13(5)19-16/h10,12,14-15,18H,6-9H2,1-5H3. The Kier molecular flexibility index (Phi) is 5.02. The Morgan fingerprint density at radius 2 is 1.74 bits per heavy atom. The Hall–Kier alpha value is -0.410. The van der Waals surface area contributed by atoms with Crippen molar-refractivity contribution >= 4 is 11.3 Å². The summed E-state index contributed by atoms with van der Waals surface area (Å²) >= 11 is 1.84. The van der Waals surface area contributed by atoms with Crippen molar-refractivity contribution in [1.29, 1.82) is 0 Å². The third-order valence-electron chi connectivity index (χ3n) is 4.53. The van der Waals surface area contributed by atoms with E-state index in [1.54, 1.807) is 0 Å². The Morgan fingerprint density at radius 3 is 2.21 bits per heavy atom. The van der Waals surface area contributed by atoms with Crippen LogP contribution >= 0.6 is 11.3 Å². The predicted octanol–water partition coefficient (Wildman–Crippen LogP) is 4.63. The van der Waals surface area contributed by atoms with Crippen LogP contribution in [0.4, 0.5) is 0 Å². The molecule has 1 aliphatic carbocycles. The summed E-state index contributed by atoms with van der Waals surface area (Å²) in [5, 5.41) is 5.00. The monoisotopic (exact) mass is 280 g/mol. The fraction of sp³-hybridized carbons (Fsp3) is 0.812. The molecule has 0 amide bonds. The van der Waals surface area contributed by atoms with Crippen molar-refractivity contribution in [1.82, 2.24) is 10.3 Å². The van der Waals surface area contributed by atoms with E-state index >= 15 is 0 Å². The van der Waals surface area contributed by atoms with Gasteiger partial charge in [0.05, 0.1) is 10.7 Å². The van der Waals surface area contributed by atoms with E-state index in [1.807, 2.05) is 11.3 Å². The van der Waals surface area contributed by atoms with E-state index in [9.17, 15) is 0 Å². The molecule has 0 saturated heterocycles. The van der Waals surface area contributed by atoms with Gasteiger partial charge in [0.25, 0.3) is 0 Å². The molecule has 2 rings (SSSR count). The van der Waals surface area contributed by atoms with Gasteiger partial charge in [-0.1, -0.05) is 13.8 Å². The van der Waals surface area contributed by atoms with Crippen LogP contribution in [-0.2, 0) is 0 Å². The van der Waals surface area contributed by atoms with E-state index in [0.717, 1.165) is 11.8 Å². The van der Waals surface area contributed by atoms with Crippen LogP contribution in [0.25, 0.3) is 0 Å². The molecule has 1 saturated carbocycles. The summed E-state index contributed by atoms with van der Waals surface area (Å²) < 4.78 is 0. The summed E-state index contributed by atoms with van der Waals surface area (Å²) in [5.74, 6) is 1.80. The van der Waals surface area contributed by atoms with Crippen molar-refractivity contribution in [3.63, 3.8) is 0 Å². The summed E-state index contributed by atoms with van der Waals surface area (Å²) in [4.78, 5) is 5.96. The first-order valence-corrected chi connectivity index (χ1v) is 8.49. The van der Waals surface area contributed by atoms with E-state index in [0.29, 0.717) is 12.1 Å². The van der Waals surface area contributed by atoms with Gasteiger partial charge in [-0.05, 0) is 58.3 Å². The van der Waals surface area contributed by atoms with Crippen LogP contribution < -0.4 is 5.32 Å². The van der Waals surface area contributed by atoms with E-state index in [-0.39, 0.29) is 0 Å². The minimum Gasteiger partial charge on any atom is -0.307 e. The van der Waals surface area contributed by atoms with Crippen molar-refractivity contribution in [3.8, 4) is 0 Å². The zero-order chi connectivity index (χ0) is 14.0. The van der Waals surface area contributed by atoms with Crippen molar-refractivity contribution in [2.75, 3.05) is 0 Å². The minimum absolute atomic E-state index is 0.451. The highest BCUT2D eigenvalue weighted by molar-refractivity contribution is 7.11. The fourth-order valence-corrected chi connectivity index (χ4v) is 4.27. The second-order valence-corrected chi connectivity index (χ2v) is 7.66. The van der Waals surface area contributed by atoms with Crippen LogP contribution in [0.5, 0.6) is 0 Å². The Balaban J connectivity index is 1.87. The third kappa shape index (κ3) is 3.79. The summed E-state index contributed by atoms with van der Waals surface area (Å²) in [6.07, 6.45) is 5.46. The maximum absolute atomic E-state index is 4.54.